The van der Waals surface area contributed by atoms with Gasteiger partial charge in [0.25, 0.3) is 0 Å². The quantitative estimate of drug-likeness (QED) is 0.686. The summed E-state index contributed by atoms with van der Waals surface area (Å²) >= 11 is 0. The van der Waals surface area contributed by atoms with E-state index in [-0.39, 0.29) is 0 Å². The fourth-order valence-corrected chi connectivity index (χ4v) is 2.22. The van der Waals surface area contributed by atoms with Gasteiger partial charge in [-0.3, -0.25) is 0 Å². The molecule has 3 unspecified atom stereocenters. The molecule has 0 heterocycles. The van der Waals surface area contributed by atoms with Crippen LogP contribution >= 0.6 is 0 Å². The van der Waals surface area contributed by atoms with Crippen LogP contribution in [0.2, 0.25) is 0 Å². The molecule has 0 aliphatic heterocycles. The van der Waals surface area contributed by atoms with E-state index in [0.717, 1.165) is 11.8 Å². The first kappa shape index (κ1) is 17.8. The van der Waals surface area contributed by atoms with E-state index in [2.05, 4.69) is 33.6 Å². The maximum absolute atomic E-state index is 5.92. The van der Waals surface area contributed by atoms with Crippen molar-refractivity contribution in [1.82, 2.24) is 0 Å². The molecule has 2 N–H and O–H groups in total. The van der Waals surface area contributed by atoms with E-state index in [4.69, 9.17) is 5.73 Å². The van der Waals surface area contributed by atoms with Gasteiger partial charge in [-0.2, -0.15) is 0 Å². The fraction of sp³-hybridized carbons (Fsp3) is 0.733. The lowest BCUT2D eigenvalue weighted by atomic mass is 9.76. The van der Waals surface area contributed by atoms with Gasteiger partial charge in [0.15, 0.2) is 0 Å². The highest BCUT2D eigenvalue weighted by Gasteiger charge is 2.24. The van der Waals surface area contributed by atoms with Gasteiger partial charge in [0.1, 0.15) is 0 Å². The van der Waals surface area contributed by atoms with E-state index in [1.165, 1.54) is 32.1 Å². The third-order valence-corrected chi connectivity index (χ3v) is 3.06. The highest BCUT2D eigenvalue weighted by Crippen LogP contribution is 2.31. The third-order valence-electron chi connectivity index (χ3n) is 3.06. The van der Waals surface area contributed by atoms with Crippen LogP contribution in [0.25, 0.3) is 0 Å². The molecule has 1 aliphatic carbocycles. The first-order valence-corrected chi connectivity index (χ1v) is 6.48. The summed E-state index contributed by atoms with van der Waals surface area (Å²) in [6.45, 7) is 15.9. The summed E-state index contributed by atoms with van der Waals surface area (Å²) in [5.41, 5.74) is 5.92. The summed E-state index contributed by atoms with van der Waals surface area (Å²) < 4.78 is 0. The number of allylic oxidation sites excluding steroid dienone is 1. The van der Waals surface area contributed by atoms with Crippen LogP contribution in [0.3, 0.4) is 0 Å². The van der Waals surface area contributed by atoms with Gasteiger partial charge in [-0.05, 0) is 38.0 Å². The minimum Gasteiger partial charge on any atom is -0.328 e. The Hall–Kier alpha value is -0.560. The van der Waals surface area contributed by atoms with E-state index in [9.17, 15) is 0 Å². The van der Waals surface area contributed by atoms with Crippen molar-refractivity contribution < 1.29 is 0 Å². The Morgan fingerprint density at radius 3 is 2.25 bits per heavy atom. The second kappa shape index (κ2) is 12.5. The van der Waals surface area contributed by atoms with Gasteiger partial charge in [-0.1, -0.05) is 32.8 Å². The molecule has 0 aromatic heterocycles. The second-order valence-corrected chi connectivity index (χ2v) is 4.51. The average molecular weight is 225 g/mol. The van der Waals surface area contributed by atoms with Crippen LogP contribution in [-0.2, 0) is 0 Å². The number of rotatable bonds is 2. The van der Waals surface area contributed by atoms with Crippen LogP contribution in [0.4, 0.5) is 0 Å². The van der Waals surface area contributed by atoms with E-state index in [0.29, 0.717) is 6.04 Å². The molecule has 16 heavy (non-hydrogen) atoms. The van der Waals surface area contributed by atoms with Gasteiger partial charge in [0, 0.05) is 6.04 Å². The van der Waals surface area contributed by atoms with Crippen molar-refractivity contribution >= 4 is 0 Å². The molecule has 1 aliphatic rings. The van der Waals surface area contributed by atoms with E-state index in [1.807, 2.05) is 6.92 Å². The largest absolute Gasteiger partial charge is 0.328 e. The van der Waals surface area contributed by atoms with Crippen molar-refractivity contribution in [2.75, 3.05) is 0 Å². The number of hydrogen-bond donors (Lipinski definition) is 1. The third kappa shape index (κ3) is 8.72. The van der Waals surface area contributed by atoms with Crippen molar-refractivity contribution in [3.05, 3.63) is 25.8 Å². The molecule has 0 spiro atoms. The van der Waals surface area contributed by atoms with Gasteiger partial charge in [-0.15, -0.1) is 19.7 Å². The van der Waals surface area contributed by atoms with Crippen LogP contribution in [-0.4, -0.2) is 6.04 Å². The topological polar surface area (TPSA) is 26.0 Å². The van der Waals surface area contributed by atoms with Crippen molar-refractivity contribution in [2.24, 2.45) is 17.6 Å². The lowest BCUT2D eigenvalue weighted by Gasteiger charge is -2.32. The monoisotopic (exact) mass is 225 g/mol. The highest BCUT2D eigenvalue weighted by atomic mass is 14.6. The maximum atomic E-state index is 5.92. The summed E-state index contributed by atoms with van der Waals surface area (Å²) in [6, 6.07) is 0.503. The standard InChI is InChI=1S/C10H21N.C3H6.C2H4/c1-3-4-9-7-10(11)6-5-8(9)2;1-3-2;1-2/h8-10H,3-7,11H2,1-2H3;3H,1H2,2H3;1-2H2. The summed E-state index contributed by atoms with van der Waals surface area (Å²) in [4.78, 5) is 0. The van der Waals surface area contributed by atoms with Crippen LogP contribution in [0, 0.1) is 11.8 Å². The molecule has 0 saturated heterocycles. The summed E-state index contributed by atoms with van der Waals surface area (Å²) in [5.74, 6) is 1.85. The Morgan fingerprint density at radius 2 is 1.81 bits per heavy atom. The van der Waals surface area contributed by atoms with Crippen LogP contribution < -0.4 is 5.73 Å². The van der Waals surface area contributed by atoms with Crippen molar-refractivity contribution in [2.45, 2.75) is 58.9 Å². The zero-order valence-corrected chi connectivity index (χ0v) is 11.5. The zero-order valence-electron chi connectivity index (χ0n) is 11.5. The minimum absolute atomic E-state index is 0.503. The molecule has 0 aromatic rings. The smallest absolute Gasteiger partial charge is 0.00416 e. The van der Waals surface area contributed by atoms with Gasteiger partial charge < -0.3 is 5.73 Å². The Kier molecular flexibility index (Phi) is 13.9. The molecule has 1 heteroatoms. The molecular formula is C15H31N. The molecule has 0 bridgehead atoms. The van der Waals surface area contributed by atoms with Crippen LogP contribution in [0.1, 0.15) is 52.9 Å². The summed E-state index contributed by atoms with van der Waals surface area (Å²) in [7, 11) is 0. The SMILES string of the molecule is C=C.C=CC.CCCC1CC(N)CCC1C. The van der Waals surface area contributed by atoms with Crippen molar-refractivity contribution in [3.8, 4) is 0 Å². The van der Waals surface area contributed by atoms with E-state index < -0.39 is 0 Å². The van der Waals surface area contributed by atoms with Gasteiger partial charge >= 0.3 is 0 Å². The molecule has 1 saturated carbocycles. The maximum Gasteiger partial charge on any atom is 0.00416 e. The Morgan fingerprint density at radius 1 is 1.31 bits per heavy atom. The van der Waals surface area contributed by atoms with Crippen LogP contribution in [0.15, 0.2) is 25.8 Å². The molecule has 0 aromatic carbocycles. The normalized spacial score (nSPS) is 27.9. The van der Waals surface area contributed by atoms with E-state index >= 15 is 0 Å². The lowest BCUT2D eigenvalue weighted by Crippen LogP contribution is -2.32. The minimum atomic E-state index is 0.503. The van der Waals surface area contributed by atoms with Crippen molar-refractivity contribution in [1.29, 1.82) is 0 Å². The number of nitrogens with two attached hydrogens (primary N) is 1. The molecule has 1 fully saturated rings. The van der Waals surface area contributed by atoms with Gasteiger partial charge in [0.05, 0.1) is 0 Å². The van der Waals surface area contributed by atoms with Gasteiger partial charge in [-0.25, -0.2) is 0 Å². The Balaban J connectivity index is 0. The molecule has 1 nitrogen and oxygen atoms in total. The van der Waals surface area contributed by atoms with Crippen LogP contribution in [0.5, 0.6) is 0 Å². The predicted octanol–water partition coefficient (Wildman–Crippen LogP) is 4.54. The zero-order chi connectivity index (χ0) is 13.0. The van der Waals surface area contributed by atoms with Gasteiger partial charge in [0.2, 0.25) is 0 Å². The molecule has 1 rings (SSSR count). The molecular weight excluding hydrogens is 194 g/mol. The average Bonchev–Trinajstić information content (AvgIpc) is 2.28. The number of hydrogen-bond acceptors (Lipinski definition) is 1. The molecule has 0 radical (unpaired) electrons. The lowest BCUT2D eigenvalue weighted by molar-refractivity contribution is 0.219. The highest BCUT2D eigenvalue weighted by molar-refractivity contribution is 4.79. The summed E-state index contributed by atoms with van der Waals surface area (Å²) in [5, 5.41) is 0. The predicted molar refractivity (Wildman–Crippen MR) is 76.5 cm³/mol. The molecule has 0 amide bonds. The Bertz CT molecular complexity index is 154. The van der Waals surface area contributed by atoms with E-state index in [1.54, 1.807) is 6.08 Å². The first-order valence-electron chi connectivity index (χ1n) is 6.48. The second-order valence-electron chi connectivity index (χ2n) is 4.51. The summed E-state index contributed by atoms with van der Waals surface area (Å²) in [6.07, 6.45) is 8.33. The first-order chi connectivity index (χ1) is 7.65. The molecule has 96 valence electrons. The Labute approximate surface area is 103 Å². The van der Waals surface area contributed by atoms with Crippen molar-refractivity contribution in [3.63, 3.8) is 0 Å². The fourth-order valence-electron chi connectivity index (χ4n) is 2.22. The molecule has 3 atom stereocenters.